The van der Waals surface area contributed by atoms with Crippen molar-refractivity contribution in [3.63, 3.8) is 0 Å². The lowest BCUT2D eigenvalue weighted by Crippen LogP contribution is -3.08. The molecule has 7 heteroatoms. The number of aliphatic imine (C=N–C) groups is 1. The van der Waals surface area contributed by atoms with Gasteiger partial charge in [-0.1, -0.05) is 17.9 Å². The normalized spacial score (nSPS) is 16.5. The number of hydrogen-bond acceptors (Lipinski definition) is 6. The summed E-state index contributed by atoms with van der Waals surface area (Å²) in [5.41, 5.74) is 2.00. The Balaban J connectivity index is 1.98. The van der Waals surface area contributed by atoms with E-state index < -0.39 is 0 Å². The van der Waals surface area contributed by atoms with E-state index in [0.717, 1.165) is 30.0 Å². The van der Waals surface area contributed by atoms with Crippen molar-refractivity contribution in [2.45, 2.75) is 19.9 Å². The summed E-state index contributed by atoms with van der Waals surface area (Å²) in [5.74, 6) is -0.275. The Morgan fingerprint density at radius 1 is 1.46 bits per heavy atom. The second-order valence-corrected chi connectivity index (χ2v) is 7.26. The molecule has 0 fully saturated rings. The van der Waals surface area contributed by atoms with Gasteiger partial charge in [0, 0.05) is 12.6 Å². The number of thiophene rings is 1. The van der Waals surface area contributed by atoms with Crippen molar-refractivity contribution < 1.29 is 24.3 Å². The van der Waals surface area contributed by atoms with E-state index in [1.54, 1.807) is 18.2 Å². The number of carbonyl (C=O) groups is 1. The first kappa shape index (κ1) is 18.4. The average molecular weight is 374 g/mol. The highest BCUT2D eigenvalue weighted by Crippen LogP contribution is 2.37. The minimum Gasteiger partial charge on any atom is -0.870 e. The molecule has 26 heavy (non-hydrogen) atoms. The molecule has 1 aromatic carbocycles. The first-order chi connectivity index (χ1) is 12.5. The van der Waals surface area contributed by atoms with E-state index in [0.29, 0.717) is 28.5 Å². The SMILES string of the molecule is CCOc1cccc(C=Nc2sc3c(c2C(=O)OC)CC[NH+](C)C3)c1[O-]. The predicted octanol–water partition coefficient (Wildman–Crippen LogP) is 1.33. The van der Waals surface area contributed by atoms with Gasteiger partial charge in [-0.3, -0.25) is 0 Å². The summed E-state index contributed by atoms with van der Waals surface area (Å²) in [7, 11) is 3.51. The molecule has 0 saturated carbocycles. The van der Waals surface area contributed by atoms with E-state index >= 15 is 0 Å². The molecule has 2 aromatic rings. The highest BCUT2D eigenvalue weighted by atomic mass is 32.1. The van der Waals surface area contributed by atoms with Crippen molar-refractivity contribution in [3.8, 4) is 11.5 Å². The van der Waals surface area contributed by atoms with Crippen LogP contribution in [0.3, 0.4) is 0 Å². The molecule has 1 aliphatic rings. The largest absolute Gasteiger partial charge is 0.870 e. The van der Waals surface area contributed by atoms with Gasteiger partial charge >= 0.3 is 5.97 Å². The van der Waals surface area contributed by atoms with E-state index in [1.165, 1.54) is 29.6 Å². The Morgan fingerprint density at radius 2 is 2.27 bits per heavy atom. The van der Waals surface area contributed by atoms with Gasteiger partial charge in [-0.05, 0) is 24.1 Å². The highest BCUT2D eigenvalue weighted by molar-refractivity contribution is 7.16. The number of ether oxygens (including phenoxy) is 2. The number of quaternary nitrogens is 1. The summed E-state index contributed by atoms with van der Waals surface area (Å²) in [5, 5.41) is 13.0. The molecule has 1 aliphatic heterocycles. The number of methoxy groups -OCH3 is 1. The second-order valence-electron chi connectivity index (χ2n) is 6.18. The van der Waals surface area contributed by atoms with Gasteiger partial charge in [0.2, 0.25) is 0 Å². The van der Waals surface area contributed by atoms with Crippen molar-refractivity contribution in [3.05, 3.63) is 39.8 Å². The van der Waals surface area contributed by atoms with Crippen LogP contribution in [-0.4, -0.2) is 39.5 Å². The molecule has 1 unspecified atom stereocenters. The monoisotopic (exact) mass is 374 g/mol. The second kappa shape index (κ2) is 7.88. The Labute approximate surface area is 156 Å². The number of rotatable bonds is 5. The van der Waals surface area contributed by atoms with Gasteiger partial charge in [0.15, 0.2) is 0 Å². The molecule has 0 spiro atoms. The number of fused-ring (bicyclic) bond motifs is 1. The number of hydrogen-bond donors (Lipinski definition) is 1. The Bertz CT molecular complexity index is 844. The van der Waals surface area contributed by atoms with Crippen molar-refractivity contribution in [1.82, 2.24) is 0 Å². The molecule has 1 N–H and O–H groups in total. The van der Waals surface area contributed by atoms with Crippen LogP contribution in [0.15, 0.2) is 23.2 Å². The van der Waals surface area contributed by atoms with Crippen LogP contribution in [0.1, 0.15) is 33.3 Å². The van der Waals surface area contributed by atoms with Crippen LogP contribution < -0.4 is 14.7 Å². The van der Waals surface area contributed by atoms with Crippen LogP contribution in [-0.2, 0) is 17.7 Å². The molecular weight excluding hydrogens is 352 g/mol. The number of esters is 1. The molecule has 0 radical (unpaired) electrons. The van der Waals surface area contributed by atoms with Gasteiger partial charge in [0.05, 0.1) is 32.2 Å². The van der Waals surface area contributed by atoms with Crippen LogP contribution in [0, 0.1) is 0 Å². The lowest BCUT2D eigenvalue weighted by atomic mass is 10.0. The highest BCUT2D eigenvalue weighted by Gasteiger charge is 2.28. The third-order valence-electron chi connectivity index (χ3n) is 4.36. The molecule has 0 saturated heterocycles. The van der Waals surface area contributed by atoms with Crippen molar-refractivity contribution in [1.29, 1.82) is 0 Å². The minimum absolute atomic E-state index is 0.205. The predicted molar refractivity (Wildman–Crippen MR) is 99.1 cm³/mol. The lowest BCUT2D eigenvalue weighted by molar-refractivity contribution is -0.895. The number of carbonyl (C=O) groups excluding carboxylic acids is 1. The molecule has 138 valence electrons. The molecule has 3 rings (SSSR count). The van der Waals surface area contributed by atoms with Crippen LogP contribution in [0.2, 0.25) is 0 Å². The Morgan fingerprint density at radius 3 is 3.00 bits per heavy atom. The van der Waals surface area contributed by atoms with Gasteiger partial charge in [0.25, 0.3) is 0 Å². The van der Waals surface area contributed by atoms with Gasteiger partial charge in [-0.15, -0.1) is 11.3 Å². The molecule has 0 bridgehead atoms. The fourth-order valence-electron chi connectivity index (χ4n) is 3.04. The van der Waals surface area contributed by atoms with Crippen molar-refractivity contribution in [2.75, 3.05) is 27.3 Å². The zero-order valence-electron chi connectivity index (χ0n) is 15.1. The average Bonchev–Trinajstić information content (AvgIpc) is 2.99. The van der Waals surface area contributed by atoms with E-state index in [9.17, 15) is 9.90 Å². The third kappa shape index (κ3) is 3.59. The molecule has 6 nitrogen and oxygen atoms in total. The quantitative estimate of drug-likeness (QED) is 0.633. The van der Waals surface area contributed by atoms with Crippen molar-refractivity contribution >= 4 is 28.5 Å². The van der Waals surface area contributed by atoms with E-state index in [2.05, 4.69) is 12.0 Å². The third-order valence-corrected chi connectivity index (χ3v) is 5.50. The smallest absolute Gasteiger partial charge is 0.341 e. The molecule has 1 atom stereocenters. The van der Waals surface area contributed by atoms with Gasteiger partial charge in [-0.25, -0.2) is 9.79 Å². The number of para-hydroxylation sites is 1. The zero-order valence-corrected chi connectivity index (χ0v) is 15.9. The van der Waals surface area contributed by atoms with E-state index in [-0.39, 0.29) is 11.7 Å². The first-order valence-corrected chi connectivity index (χ1v) is 9.37. The van der Waals surface area contributed by atoms with Crippen LogP contribution in [0.4, 0.5) is 5.00 Å². The summed E-state index contributed by atoms with van der Waals surface area (Å²) in [6.07, 6.45) is 2.33. The number of likely N-dealkylation sites (N-methyl/N-ethyl adjacent to an activating group) is 1. The Hall–Kier alpha value is -2.38. The standard InChI is InChI=1S/C19H22N2O4S/c1-4-25-14-7-5-6-12(17(14)22)10-20-18-16(19(23)24-3)13-8-9-21(2)11-15(13)26-18/h5-7,10,22H,4,8-9,11H2,1-3H3. The molecular formula is C19H22N2O4S. The fraction of sp³-hybridized carbons (Fsp3) is 0.368. The van der Waals surface area contributed by atoms with Crippen LogP contribution in [0.25, 0.3) is 0 Å². The summed E-state index contributed by atoms with van der Waals surface area (Å²) >= 11 is 1.50. The number of benzene rings is 1. The van der Waals surface area contributed by atoms with Crippen LogP contribution >= 0.6 is 11.3 Å². The summed E-state index contributed by atoms with van der Waals surface area (Å²) in [6.45, 7) is 4.10. The summed E-state index contributed by atoms with van der Waals surface area (Å²) < 4.78 is 10.3. The maximum Gasteiger partial charge on any atom is 0.341 e. The lowest BCUT2D eigenvalue weighted by Gasteiger charge is -2.19. The molecule has 0 amide bonds. The zero-order chi connectivity index (χ0) is 18.7. The number of nitrogens with one attached hydrogen (secondary N) is 1. The maximum absolute atomic E-state index is 12.4. The van der Waals surface area contributed by atoms with Crippen LogP contribution in [0.5, 0.6) is 11.5 Å². The summed E-state index contributed by atoms with van der Waals surface area (Å²) in [4.78, 5) is 19.3. The maximum atomic E-state index is 12.4. The van der Waals surface area contributed by atoms with Gasteiger partial charge < -0.3 is 19.5 Å². The first-order valence-electron chi connectivity index (χ1n) is 8.56. The summed E-state index contributed by atoms with van der Waals surface area (Å²) in [6, 6.07) is 5.09. The Kier molecular flexibility index (Phi) is 5.58. The fourth-order valence-corrected chi connectivity index (χ4v) is 4.33. The topological polar surface area (TPSA) is 75.4 Å². The van der Waals surface area contributed by atoms with Gasteiger partial charge in [-0.2, -0.15) is 0 Å². The van der Waals surface area contributed by atoms with Crippen molar-refractivity contribution in [2.24, 2.45) is 4.99 Å². The minimum atomic E-state index is -0.375. The molecule has 2 heterocycles. The molecule has 1 aromatic heterocycles. The van der Waals surface area contributed by atoms with Gasteiger partial charge in [0.1, 0.15) is 22.9 Å². The van der Waals surface area contributed by atoms with E-state index in [4.69, 9.17) is 9.47 Å². The molecule has 0 aliphatic carbocycles. The van der Waals surface area contributed by atoms with E-state index in [1.807, 2.05) is 6.92 Å². The number of nitrogens with zero attached hydrogens (tertiary/aromatic N) is 1.